The van der Waals surface area contributed by atoms with Crippen molar-refractivity contribution in [2.75, 3.05) is 6.54 Å². The third kappa shape index (κ3) is 7.57. The molecule has 0 saturated heterocycles. The highest BCUT2D eigenvalue weighted by atomic mass is 16.2. The Morgan fingerprint density at radius 3 is 2.10 bits per heavy atom. The molecule has 0 aromatic rings. The van der Waals surface area contributed by atoms with Gasteiger partial charge in [-0.25, -0.2) is 0 Å². The minimum atomic E-state index is -1.08. The number of nitrogens with two attached hydrogens (primary N) is 2. The minimum Gasteiger partial charge on any atom is -0.386 e. The van der Waals surface area contributed by atoms with E-state index in [0.717, 1.165) is 12.8 Å². The van der Waals surface area contributed by atoms with E-state index in [1.54, 1.807) is 13.8 Å². The molecule has 0 aromatic heterocycles. The molecule has 0 heterocycles. The maximum absolute atomic E-state index is 13.0. The Morgan fingerprint density at radius 1 is 1.03 bits per heavy atom. The number of nitrogens with one attached hydrogen (secondary N) is 4. The van der Waals surface area contributed by atoms with E-state index in [2.05, 4.69) is 27.8 Å². The van der Waals surface area contributed by atoms with Crippen molar-refractivity contribution in [1.82, 2.24) is 21.3 Å². The summed E-state index contributed by atoms with van der Waals surface area (Å²) in [4.78, 5) is 49.2. The molecule has 0 bridgehead atoms. The summed E-state index contributed by atoms with van der Waals surface area (Å²) < 4.78 is 0. The Morgan fingerprint density at radius 2 is 1.63 bits per heavy atom. The van der Waals surface area contributed by atoms with Crippen LogP contribution in [0.3, 0.4) is 0 Å². The van der Waals surface area contributed by atoms with Gasteiger partial charge in [-0.1, -0.05) is 33.3 Å². The van der Waals surface area contributed by atoms with E-state index in [-0.39, 0.29) is 11.8 Å². The average molecular weight is 425 g/mol. The van der Waals surface area contributed by atoms with Crippen LogP contribution in [-0.4, -0.2) is 47.8 Å². The van der Waals surface area contributed by atoms with E-state index < -0.39 is 35.3 Å². The summed E-state index contributed by atoms with van der Waals surface area (Å²) in [5.74, 6) is -1.71. The van der Waals surface area contributed by atoms with Crippen LogP contribution < -0.4 is 32.7 Å². The first-order valence-corrected chi connectivity index (χ1v) is 10.4. The molecule has 10 nitrogen and oxygen atoms in total. The number of rotatable bonds is 12. The second-order valence-electron chi connectivity index (χ2n) is 8.22. The highest BCUT2D eigenvalue weighted by molar-refractivity contribution is 5.95. The van der Waals surface area contributed by atoms with Gasteiger partial charge in [-0.3, -0.25) is 19.2 Å². The smallest absolute Gasteiger partial charge is 0.243 e. The Balaban J connectivity index is 2.92. The summed E-state index contributed by atoms with van der Waals surface area (Å²) in [6.45, 7) is 8.94. The van der Waals surface area contributed by atoms with Crippen LogP contribution in [0.5, 0.6) is 0 Å². The minimum absolute atomic E-state index is 0.174. The molecule has 0 unspecified atom stereocenters. The molecular weight excluding hydrogens is 388 g/mol. The third-order valence-electron chi connectivity index (χ3n) is 5.25. The van der Waals surface area contributed by atoms with Gasteiger partial charge >= 0.3 is 0 Å². The molecule has 1 saturated carbocycles. The van der Waals surface area contributed by atoms with E-state index in [4.69, 9.17) is 11.5 Å². The van der Waals surface area contributed by atoms with Crippen molar-refractivity contribution in [2.45, 2.75) is 76.9 Å². The molecule has 0 aliphatic heterocycles. The van der Waals surface area contributed by atoms with E-state index in [1.807, 2.05) is 0 Å². The number of hydrogen-bond donors (Lipinski definition) is 6. The SMILES string of the molecule is C=C(N)NCCC[C@H](NC(=O)[C@@H](NC(C)=O)C(C)C)C(=O)NC1(C(N)=O)CCCC1. The number of primary amides is 1. The van der Waals surface area contributed by atoms with Crippen LogP contribution in [0.15, 0.2) is 12.4 Å². The normalized spacial score (nSPS) is 16.9. The zero-order chi connectivity index (χ0) is 22.9. The first-order valence-electron chi connectivity index (χ1n) is 10.4. The molecule has 1 aliphatic carbocycles. The fraction of sp³-hybridized carbons (Fsp3) is 0.700. The Bertz CT molecular complexity index is 658. The van der Waals surface area contributed by atoms with Crippen molar-refractivity contribution < 1.29 is 19.2 Å². The van der Waals surface area contributed by atoms with Crippen LogP contribution in [-0.2, 0) is 19.2 Å². The molecule has 4 amide bonds. The standard InChI is InChI=1S/C20H36N6O4/c1-12(2)16(24-14(4)27)18(29)25-15(8-7-11-23-13(3)21)17(28)26-20(19(22)30)9-5-6-10-20/h12,15-16,23H,3,5-11,21H2,1-2,4H3,(H2,22,30)(H,24,27)(H,25,29)(H,26,28)/t15-,16-/m0/s1. The molecule has 8 N–H and O–H groups in total. The summed E-state index contributed by atoms with van der Waals surface area (Å²) in [5.41, 5.74) is 9.96. The van der Waals surface area contributed by atoms with Crippen LogP contribution in [0.1, 0.15) is 59.3 Å². The van der Waals surface area contributed by atoms with Crippen molar-refractivity contribution in [2.24, 2.45) is 17.4 Å². The van der Waals surface area contributed by atoms with Crippen LogP contribution in [0.25, 0.3) is 0 Å². The zero-order valence-corrected chi connectivity index (χ0v) is 18.2. The van der Waals surface area contributed by atoms with Gasteiger partial charge in [0.05, 0.1) is 5.82 Å². The van der Waals surface area contributed by atoms with Crippen molar-refractivity contribution in [1.29, 1.82) is 0 Å². The molecule has 1 rings (SSSR count). The molecule has 0 spiro atoms. The van der Waals surface area contributed by atoms with Gasteiger partial charge in [-0.15, -0.1) is 0 Å². The summed E-state index contributed by atoms with van der Waals surface area (Å²) in [6.07, 6.45) is 3.36. The van der Waals surface area contributed by atoms with Crippen LogP contribution in [0, 0.1) is 5.92 Å². The quantitative estimate of drug-likeness (QED) is 0.227. The highest BCUT2D eigenvalue weighted by Crippen LogP contribution is 2.29. The lowest BCUT2D eigenvalue weighted by atomic mass is 9.95. The highest BCUT2D eigenvalue weighted by Gasteiger charge is 2.42. The van der Waals surface area contributed by atoms with Crippen LogP contribution in [0.4, 0.5) is 0 Å². The van der Waals surface area contributed by atoms with Gasteiger partial charge < -0.3 is 32.7 Å². The van der Waals surface area contributed by atoms with E-state index in [0.29, 0.717) is 38.0 Å². The number of carbonyl (C=O) groups excluding carboxylic acids is 4. The number of carbonyl (C=O) groups is 4. The Kier molecular flexibility index (Phi) is 9.61. The predicted molar refractivity (Wildman–Crippen MR) is 113 cm³/mol. The van der Waals surface area contributed by atoms with Crippen molar-refractivity contribution >= 4 is 23.6 Å². The second kappa shape index (κ2) is 11.4. The molecule has 10 heteroatoms. The maximum atomic E-state index is 13.0. The van der Waals surface area contributed by atoms with E-state index in [1.165, 1.54) is 6.92 Å². The summed E-state index contributed by atoms with van der Waals surface area (Å²) in [7, 11) is 0. The fourth-order valence-corrected chi connectivity index (χ4v) is 3.57. The van der Waals surface area contributed by atoms with Gasteiger partial charge in [0, 0.05) is 13.5 Å². The number of amides is 4. The summed E-state index contributed by atoms with van der Waals surface area (Å²) in [5, 5.41) is 11.0. The Hall–Kier alpha value is -2.78. The van der Waals surface area contributed by atoms with Gasteiger partial charge in [0.15, 0.2) is 0 Å². The predicted octanol–water partition coefficient (Wildman–Crippen LogP) is -0.654. The van der Waals surface area contributed by atoms with Crippen molar-refractivity contribution in [3.63, 3.8) is 0 Å². The van der Waals surface area contributed by atoms with Crippen LogP contribution in [0.2, 0.25) is 0 Å². The molecular formula is C20H36N6O4. The van der Waals surface area contributed by atoms with Crippen molar-refractivity contribution in [3.05, 3.63) is 12.4 Å². The molecule has 0 radical (unpaired) electrons. The van der Waals surface area contributed by atoms with Gasteiger partial charge in [0.2, 0.25) is 23.6 Å². The summed E-state index contributed by atoms with van der Waals surface area (Å²) in [6, 6.07) is -1.67. The molecule has 0 aromatic carbocycles. The molecule has 1 fully saturated rings. The molecule has 170 valence electrons. The first kappa shape index (κ1) is 25.3. The largest absolute Gasteiger partial charge is 0.386 e. The van der Waals surface area contributed by atoms with Gasteiger partial charge in [-0.05, 0) is 31.6 Å². The van der Waals surface area contributed by atoms with Crippen molar-refractivity contribution in [3.8, 4) is 0 Å². The molecule has 30 heavy (non-hydrogen) atoms. The monoisotopic (exact) mass is 424 g/mol. The lowest BCUT2D eigenvalue weighted by Crippen LogP contribution is -2.61. The fourth-order valence-electron chi connectivity index (χ4n) is 3.57. The average Bonchev–Trinajstić information content (AvgIpc) is 3.11. The maximum Gasteiger partial charge on any atom is 0.243 e. The second-order valence-corrected chi connectivity index (χ2v) is 8.22. The van der Waals surface area contributed by atoms with Gasteiger partial charge in [-0.2, -0.15) is 0 Å². The summed E-state index contributed by atoms with van der Waals surface area (Å²) >= 11 is 0. The lowest BCUT2D eigenvalue weighted by molar-refractivity contribution is -0.135. The van der Waals surface area contributed by atoms with Gasteiger partial charge in [0.25, 0.3) is 0 Å². The lowest BCUT2D eigenvalue weighted by Gasteiger charge is -2.30. The van der Waals surface area contributed by atoms with Gasteiger partial charge in [0.1, 0.15) is 17.6 Å². The molecule has 2 atom stereocenters. The zero-order valence-electron chi connectivity index (χ0n) is 18.2. The van der Waals surface area contributed by atoms with Crippen LogP contribution >= 0.6 is 0 Å². The molecule has 1 aliphatic rings. The van der Waals surface area contributed by atoms with E-state index in [9.17, 15) is 19.2 Å². The number of hydrogen-bond acceptors (Lipinski definition) is 6. The Labute approximate surface area is 178 Å². The van der Waals surface area contributed by atoms with E-state index >= 15 is 0 Å². The topological polar surface area (TPSA) is 168 Å². The third-order valence-corrected chi connectivity index (χ3v) is 5.25. The first-order chi connectivity index (χ1) is 14.0.